The smallest absolute Gasteiger partial charge is 0.126 e. The summed E-state index contributed by atoms with van der Waals surface area (Å²) in [5.41, 5.74) is 6.70. The van der Waals surface area contributed by atoms with Gasteiger partial charge in [0.1, 0.15) is 11.6 Å². The Hall–Kier alpha value is -1.51. The largest absolute Gasteiger partial charge is 0.511 e. The maximum absolute atomic E-state index is 9.40. The summed E-state index contributed by atoms with van der Waals surface area (Å²) >= 11 is 0. The molecule has 1 rings (SSSR count). The predicted molar refractivity (Wildman–Crippen MR) is 49.1 cm³/mol. The zero-order valence-electron chi connectivity index (χ0n) is 6.96. The maximum Gasteiger partial charge on any atom is 0.126 e. The summed E-state index contributed by atoms with van der Waals surface area (Å²) in [7, 11) is 0. The zero-order valence-corrected chi connectivity index (χ0v) is 6.96. The average molecular weight is 164 g/mol. The fraction of sp³-hybridized carbons (Fsp3) is 0.222. The number of hydrogen-bond donors (Lipinski definition) is 3. The highest BCUT2D eigenvalue weighted by molar-refractivity contribution is 5.97. The van der Waals surface area contributed by atoms with Gasteiger partial charge in [0.25, 0.3) is 0 Å². The van der Waals surface area contributed by atoms with Crippen LogP contribution in [0.25, 0.3) is 0 Å². The van der Waals surface area contributed by atoms with Crippen LogP contribution in [0.2, 0.25) is 0 Å². The molecule has 0 aromatic heterocycles. The van der Waals surface area contributed by atoms with Gasteiger partial charge in [0.15, 0.2) is 0 Å². The van der Waals surface area contributed by atoms with Gasteiger partial charge >= 0.3 is 0 Å². The van der Waals surface area contributed by atoms with Gasteiger partial charge < -0.3 is 10.8 Å². The molecule has 3 nitrogen and oxygen atoms in total. The lowest BCUT2D eigenvalue weighted by Crippen LogP contribution is -2.13. The van der Waals surface area contributed by atoms with Crippen LogP contribution in [0.15, 0.2) is 35.1 Å². The summed E-state index contributed by atoms with van der Waals surface area (Å²) in [6.07, 6.45) is 5.90. The molecule has 0 aromatic carbocycles. The summed E-state index contributed by atoms with van der Waals surface area (Å²) in [6.45, 7) is 1.90. The monoisotopic (exact) mass is 164 g/mol. The lowest BCUT2D eigenvalue weighted by atomic mass is 10.1. The Morgan fingerprint density at radius 3 is 2.92 bits per heavy atom. The molecule has 0 fully saturated rings. The summed E-state index contributed by atoms with van der Waals surface area (Å²) in [6, 6.07) is 0. The number of nitrogens with two attached hydrogens (primary N) is 1. The van der Waals surface area contributed by atoms with Crippen LogP contribution in [0.5, 0.6) is 0 Å². The van der Waals surface area contributed by atoms with E-state index in [2.05, 4.69) is 0 Å². The molecule has 0 aromatic rings. The molecule has 0 atom stereocenters. The van der Waals surface area contributed by atoms with Crippen molar-refractivity contribution in [2.24, 2.45) is 5.73 Å². The first-order valence-electron chi connectivity index (χ1n) is 3.72. The van der Waals surface area contributed by atoms with Crippen molar-refractivity contribution in [3.63, 3.8) is 0 Å². The van der Waals surface area contributed by atoms with E-state index in [4.69, 9.17) is 11.1 Å². The molecule has 0 radical (unpaired) electrons. The van der Waals surface area contributed by atoms with Gasteiger partial charge in [-0.1, -0.05) is 17.7 Å². The van der Waals surface area contributed by atoms with Gasteiger partial charge in [-0.05, 0) is 13.0 Å². The van der Waals surface area contributed by atoms with Gasteiger partial charge in [-0.2, -0.15) is 0 Å². The van der Waals surface area contributed by atoms with Crippen molar-refractivity contribution in [1.29, 1.82) is 5.41 Å². The van der Waals surface area contributed by atoms with Gasteiger partial charge in [0.2, 0.25) is 0 Å². The van der Waals surface area contributed by atoms with Crippen molar-refractivity contribution in [2.45, 2.75) is 13.3 Å². The molecule has 1 aliphatic rings. The molecule has 1 aliphatic carbocycles. The second kappa shape index (κ2) is 3.26. The van der Waals surface area contributed by atoms with Gasteiger partial charge in [0.05, 0.1) is 5.57 Å². The van der Waals surface area contributed by atoms with Gasteiger partial charge in [-0.15, -0.1) is 0 Å². The third kappa shape index (κ3) is 1.75. The second-order valence-corrected chi connectivity index (χ2v) is 2.77. The van der Waals surface area contributed by atoms with E-state index >= 15 is 0 Å². The SMILES string of the molecule is CC1=CC(C(=N)N)=C(O)CC=C1. The fourth-order valence-electron chi connectivity index (χ4n) is 1.06. The molecule has 12 heavy (non-hydrogen) atoms. The molecule has 0 saturated heterocycles. The Kier molecular flexibility index (Phi) is 2.33. The summed E-state index contributed by atoms with van der Waals surface area (Å²) in [5.74, 6) is 0.0751. The number of aliphatic hydroxyl groups excluding tert-OH is 1. The van der Waals surface area contributed by atoms with Crippen molar-refractivity contribution in [3.8, 4) is 0 Å². The lowest BCUT2D eigenvalue weighted by molar-refractivity contribution is 0.399. The van der Waals surface area contributed by atoms with Gasteiger partial charge in [0, 0.05) is 6.42 Å². The second-order valence-electron chi connectivity index (χ2n) is 2.77. The standard InChI is InChI=1S/C9H12N2O/c1-6-3-2-4-8(12)7(5-6)9(10)11/h2-3,5,12H,4H2,1H3,(H3,10,11). The Morgan fingerprint density at radius 2 is 2.33 bits per heavy atom. The Balaban J connectivity index is 3.09. The molecule has 0 saturated carbocycles. The molecule has 0 aliphatic heterocycles. The topological polar surface area (TPSA) is 70.1 Å². The first kappa shape index (κ1) is 8.59. The van der Waals surface area contributed by atoms with Gasteiger partial charge in [-0.25, -0.2) is 0 Å². The van der Waals surface area contributed by atoms with Crippen molar-refractivity contribution >= 4 is 5.84 Å². The Bertz CT molecular complexity index is 298. The molecular weight excluding hydrogens is 152 g/mol. The van der Waals surface area contributed by atoms with E-state index in [1.165, 1.54) is 0 Å². The fourth-order valence-corrected chi connectivity index (χ4v) is 1.06. The van der Waals surface area contributed by atoms with E-state index in [1.807, 2.05) is 19.1 Å². The van der Waals surface area contributed by atoms with Crippen LogP contribution in [0.4, 0.5) is 0 Å². The first-order valence-corrected chi connectivity index (χ1v) is 3.72. The van der Waals surface area contributed by atoms with Crippen LogP contribution in [-0.2, 0) is 0 Å². The minimum atomic E-state index is -0.0875. The van der Waals surface area contributed by atoms with Crippen molar-refractivity contribution < 1.29 is 5.11 Å². The molecule has 0 spiro atoms. The van der Waals surface area contributed by atoms with E-state index in [0.717, 1.165) is 5.57 Å². The first-order chi connectivity index (χ1) is 5.61. The van der Waals surface area contributed by atoms with E-state index in [-0.39, 0.29) is 11.6 Å². The van der Waals surface area contributed by atoms with Crippen LogP contribution in [-0.4, -0.2) is 10.9 Å². The maximum atomic E-state index is 9.40. The molecule has 3 heteroatoms. The van der Waals surface area contributed by atoms with E-state index < -0.39 is 0 Å². The molecule has 0 amide bonds. The number of rotatable bonds is 1. The molecule has 0 bridgehead atoms. The van der Waals surface area contributed by atoms with E-state index in [0.29, 0.717) is 12.0 Å². The summed E-state index contributed by atoms with van der Waals surface area (Å²) in [4.78, 5) is 0. The zero-order chi connectivity index (χ0) is 9.14. The lowest BCUT2D eigenvalue weighted by Gasteiger charge is -2.01. The predicted octanol–water partition coefficient (Wildman–Crippen LogP) is 1.64. The highest BCUT2D eigenvalue weighted by Gasteiger charge is 2.07. The number of aliphatic hydroxyl groups is 1. The summed E-state index contributed by atoms with van der Waals surface area (Å²) < 4.78 is 0. The minimum Gasteiger partial charge on any atom is -0.511 e. The highest BCUT2D eigenvalue weighted by atomic mass is 16.3. The average Bonchev–Trinajstić information content (AvgIpc) is 2.13. The van der Waals surface area contributed by atoms with Gasteiger partial charge in [-0.3, -0.25) is 5.41 Å². The van der Waals surface area contributed by atoms with E-state index in [1.54, 1.807) is 6.08 Å². The van der Waals surface area contributed by atoms with Crippen LogP contribution in [0.3, 0.4) is 0 Å². The number of amidine groups is 1. The number of allylic oxidation sites excluding steroid dienone is 3. The van der Waals surface area contributed by atoms with Crippen molar-refractivity contribution in [3.05, 3.63) is 35.1 Å². The van der Waals surface area contributed by atoms with Crippen LogP contribution < -0.4 is 5.73 Å². The van der Waals surface area contributed by atoms with Crippen molar-refractivity contribution in [2.75, 3.05) is 0 Å². The summed E-state index contributed by atoms with van der Waals surface area (Å²) in [5, 5.41) is 16.6. The van der Waals surface area contributed by atoms with Crippen LogP contribution >= 0.6 is 0 Å². The molecule has 0 unspecified atom stereocenters. The normalized spacial score (nSPS) is 17.2. The molecule has 64 valence electrons. The van der Waals surface area contributed by atoms with E-state index in [9.17, 15) is 5.11 Å². The molecule has 0 heterocycles. The third-order valence-electron chi connectivity index (χ3n) is 1.67. The van der Waals surface area contributed by atoms with Crippen LogP contribution in [0.1, 0.15) is 13.3 Å². The number of nitrogens with one attached hydrogen (secondary N) is 1. The Labute approximate surface area is 71.4 Å². The highest BCUT2D eigenvalue weighted by Crippen LogP contribution is 2.15. The van der Waals surface area contributed by atoms with Crippen molar-refractivity contribution in [1.82, 2.24) is 0 Å². The molecule has 4 N–H and O–H groups in total. The third-order valence-corrected chi connectivity index (χ3v) is 1.67. The minimum absolute atomic E-state index is 0.0875. The molecular formula is C9H12N2O. The quantitative estimate of drug-likeness (QED) is 0.407. The number of hydrogen-bond acceptors (Lipinski definition) is 2. The van der Waals surface area contributed by atoms with Crippen LogP contribution in [0, 0.1) is 5.41 Å². The Morgan fingerprint density at radius 1 is 1.67 bits per heavy atom.